The van der Waals surface area contributed by atoms with Crippen LogP contribution < -0.4 is 10.6 Å². The van der Waals surface area contributed by atoms with Crippen LogP contribution in [0.3, 0.4) is 0 Å². The van der Waals surface area contributed by atoms with Crippen molar-refractivity contribution in [3.05, 3.63) is 29.8 Å². The summed E-state index contributed by atoms with van der Waals surface area (Å²) in [5.74, 6) is 0. The summed E-state index contributed by atoms with van der Waals surface area (Å²) in [6.07, 6.45) is 1.02. The maximum atomic E-state index is 9.35. The Balaban J connectivity index is 1.91. The van der Waals surface area contributed by atoms with Gasteiger partial charge in [-0.3, -0.25) is 4.90 Å². The maximum Gasteiger partial charge on any atom is 0.0586 e. The van der Waals surface area contributed by atoms with E-state index in [1.807, 2.05) is 0 Å². The molecule has 1 unspecified atom stereocenters. The molecule has 1 heterocycles. The molecular formula is C15H25N3O. The van der Waals surface area contributed by atoms with Crippen LogP contribution in [0, 0.1) is 0 Å². The fourth-order valence-electron chi connectivity index (χ4n) is 2.69. The molecule has 0 saturated carbocycles. The summed E-state index contributed by atoms with van der Waals surface area (Å²) in [6, 6.07) is 8.83. The van der Waals surface area contributed by atoms with Gasteiger partial charge in [-0.05, 0) is 24.1 Å². The molecule has 1 atom stereocenters. The molecule has 1 aromatic carbocycles. The van der Waals surface area contributed by atoms with Crippen LogP contribution in [-0.2, 0) is 6.54 Å². The first-order valence-corrected chi connectivity index (χ1v) is 7.17. The minimum absolute atomic E-state index is 0.266. The van der Waals surface area contributed by atoms with Gasteiger partial charge in [0.15, 0.2) is 0 Å². The van der Waals surface area contributed by atoms with Crippen molar-refractivity contribution in [3.8, 4) is 0 Å². The van der Waals surface area contributed by atoms with E-state index in [0.717, 1.165) is 32.6 Å². The zero-order chi connectivity index (χ0) is 13.7. The molecule has 1 saturated heterocycles. The van der Waals surface area contributed by atoms with Gasteiger partial charge in [-0.1, -0.05) is 19.1 Å². The van der Waals surface area contributed by atoms with Crippen LogP contribution in [0.2, 0.25) is 0 Å². The Morgan fingerprint density at radius 2 is 1.79 bits per heavy atom. The van der Waals surface area contributed by atoms with Gasteiger partial charge in [0.25, 0.3) is 0 Å². The molecular weight excluding hydrogens is 238 g/mol. The molecule has 19 heavy (non-hydrogen) atoms. The van der Waals surface area contributed by atoms with Crippen molar-refractivity contribution in [2.45, 2.75) is 25.9 Å². The van der Waals surface area contributed by atoms with Gasteiger partial charge in [0, 0.05) is 44.5 Å². The molecule has 1 aliphatic heterocycles. The Kier molecular flexibility index (Phi) is 5.19. The summed E-state index contributed by atoms with van der Waals surface area (Å²) in [4.78, 5) is 4.80. The number of rotatable bonds is 5. The summed E-state index contributed by atoms with van der Waals surface area (Å²) in [5.41, 5.74) is 8.06. The summed E-state index contributed by atoms with van der Waals surface area (Å²) in [5, 5.41) is 9.35. The minimum atomic E-state index is 0.266. The number of benzene rings is 1. The summed E-state index contributed by atoms with van der Waals surface area (Å²) < 4.78 is 0. The monoisotopic (exact) mass is 263 g/mol. The third-order valence-corrected chi connectivity index (χ3v) is 4.05. The lowest BCUT2D eigenvalue weighted by Gasteiger charge is -2.39. The topological polar surface area (TPSA) is 52.7 Å². The Hall–Kier alpha value is -1.10. The number of piperazine rings is 1. The predicted molar refractivity (Wildman–Crippen MR) is 79.3 cm³/mol. The van der Waals surface area contributed by atoms with E-state index in [2.05, 4.69) is 41.0 Å². The van der Waals surface area contributed by atoms with Crippen LogP contribution in [0.5, 0.6) is 0 Å². The number of anilines is 1. The lowest BCUT2D eigenvalue weighted by atomic mass is 10.1. The molecule has 0 aliphatic carbocycles. The Bertz CT molecular complexity index is 367. The lowest BCUT2D eigenvalue weighted by molar-refractivity contribution is 0.114. The number of nitrogens with two attached hydrogens (primary N) is 1. The maximum absolute atomic E-state index is 9.35. The quantitative estimate of drug-likeness (QED) is 0.833. The molecule has 1 fully saturated rings. The van der Waals surface area contributed by atoms with Gasteiger partial charge in [0.05, 0.1) is 6.61 Å². The molecule has 0 bridgehead atoms. The Morgan fingerprint density at radius 1 is 1.16 bits per heavy atom. The van der Waals surface area contributed by atoms with Gasteiger partial charge in [-0.25, -0.2) is 0 Å². The average Bonchev–Trinajstić information content (AvgIpc) is 2.49. The van der Waals surface area contributed by atoms with Crippen molar-refractivity contribution in [2.24, 2.45) is 5.73 Å². The molecule has 0 spiro atoms. The van der Waals surface area contributed by atoms with Crippen molar-refractivity contribution in [1.29, 1.82) is 0 Å². The number of hydrogen-bond donors (Lipinski definition) is 2. The highest BCUT2D eigenvalue weighted by atomic mass is 16.3. The Labute approximate surface area is 115 Å². The number of nitrogens with zero attached hydrogens (tertiary/aromatic N) is 2. The molecule has 4 heteroatoms. The fourth-order valence-corrected chi connectivity index (χ4v) is 2.69. The first kappa shape index (κ1) is 14.3. The number of aliphatic hydroxyl groups excluding tert-OH is 1. The normalized spacial score (nSPS) is 18.6. The van der Waals surface area contributed by atoms with E-state index in [-0.39, 0.29) is 6.61 Å². The molecule has 2 rings (SSSR count). The highest BCUT2D eigenvalue weighted by Gasteiger charge is 2.22. The van der Waals surface area contributed by atoms with Gasteiger partial charge in [0.2, 0.25) is 0 Å². The molecule has 0 radical (unpaired) electrons. The zero-order valence-electron chi connectivity index (χ0n) is 11.8. The van der Waals surface area contributed by atoms with E-state index >= 15 is 0 Å². The van der Waals surface area contributed by atoms with E-state index in [1.165, 1.54) is 11.3 Å². The van der Waals surface area contributed by atoms with Crippen LogP contribution in [0.15, 0.2) is 24.3 Å². The van der Waals surface area contributed by atoms with E-state index < -0.39 is 0 Å². The number of aliphatic hydroxyl groups is 1. The molecule has 3 N–H and O–H groups in total. The fraction of sp³-hybridized carbons (Fsp3) is 0.600. The van der Waals surface area contributed by atoms with E-state index in [9.17, 15) is 5.11 Å². The average molecular weight is 263 g/mol. The predicted octanol–water partition coefficient (Wildman–Crippen LogP) is 1.04. The highest BCUT2D eigenvalue weighted by Crippen LogP contribution is 2.18. The summed E-state index contributed by atoms with van der Waals surface area (Å²) in [7, 11) is 0. The van der Waals surface area contributed by atoms with Crippen LogP contribution in [0.4, 0.5) is 5.69 Å². The third kappa shape index (κ3) is 3.47. The van der Waals surface area contributed by atoms with Gasteiger partial charge in [-0.2, -0.15) is 0 Å². The van der Waals surface area contributed by atoms with Gasteiger partial charge < -0.3 is 15.7 Å². The van der Waals surface area contributed by atoms with Crippen LogP contribution in [0.1, 0.15) is 18.9 Å². The molecule has 1 aliphatic rings. The van der Waals surface area contributed by atoms with Crippen LogP contribution >= 0.6 is 0 Å². The second-order valence-corrected chi connectivity index (χ2v) is 5.14. The largest absolute Gasteiger partial charge is 0.395 e. The zero-order valence-corrected chi connectivity index (χ0v) is 11.8. The first-order valence-electron chi connectivity index (χ1n) is 7.17. The molecule has 4 nitrogen and oxygen atoms in total. The van der Waals surface area contributed by atoms with Crippen molar-refractivity contribution in [1.82, 2.24) is 4.90 Å². The van der Waals surface area contributed by atoms with Gasteiger partial charge in [0.1, 0.15) is 0 Å². The molecule has 0 amide bonds. The van der Waals surface area contributed by atoms with E-state index in [4.69, 9.17) is 5.73 Å². The highest BCUT2D eigenvalue weighted by molar-refractivity contribution is 5.48. The second kappa shape index (κ2) is 6.89. The first-order chi connectivity index (χ1) is 9.28. The number of hydrogen-bond acceptors (Lipinski definition) is 4. The van der Waals surface area contributed by atoms with Crippen molar-refractivity contribution < 1.29 is 5.11 Å². The SMILES string of the molecule is CCC(CO)N1CCN(c2ccc(CN)cc2)CC1. The summed E-state index contributed by atoms with van der Waals surface area (Å²) >= 11 is 0. The Morgan fingerprint density at radius 3 is 2.26 bits per heavy atom. The summed E-state index contributed by atoms with van der Waals surface area (Å²) in [6.45, 7) is 7.11. The van der Waals surface area contributed by atoms with Crippen LogP contribution in [0.25, 0.3) is 0 Å². The molecule has 106 valence electrons. The lowest BCUT2D eigenvalue weighted by Crippen LogP contribution is -2.51. The minimum Gasteiger partial charge on any atom is -0.395 e. The van der Waals surface area contributed by atoms with E-state index in [1.54, 1.807) is 0 Å². The van der Waals surface area contributed by atoms with Gasteiger partial charge >= 0.3 is 0 Å². The van der Waals surface area contributed by atoms with Gasteiger partial charge in [-0.15, -0.1) is 0 Å². The third-order valence-electron chi connectivity index (χ3n) is 4.05. The standard InChI is InChI=1S/C15H25N3O/c1-2-14(12-19)17-7-9-18(10-8-17)15-5-3-13(11-16)4-6-15/h3-6,14,19H,2,7-12,16H2,1H3. The van der Waals surface area contributed by atoms with Crippen molar-refractivity contribution in [3.63, 3.8) is 0 Å². The molecule has 1 aromatic rings. The van der Waals surface area contributed by atoms with Crippen molar-refractivity contribution in [2.75, 3.05) is 37.7 Å². The second-order valence-electron chi connectivity index (χ2n) is 5.14. The smallest absolute Gasteiger partial charge is 0.0586 e. The van der Waals surface area contributed by atoms with Crippen LogP contribution in [-0.4, -0.2) is 48.8 Å². The molecule has 0 aromatic heterocycles. The van der Waals surface area contributed by atoms with E-state index in [0.29, 0.717) is 12.6 Å². The van der Waals surface area contributed by atoms with Crippen molar-refractivity contribution >= 4 is 5.69 Å².